The number of aldehydes is 1. The van der Waals surface area contributed by atoms with Gasteiger partial charge in [0.2, 0.25) is 0 Å². The van der Waals surface area contributed by atoms with Gasteiger partial charge in [-0.2, -0.15) is 0 Å². The topological polar surface area (TPSA) is 45.8 Å². The fourth-order valence-corrected chi connectivity index (χ4v) is 2.28. The lowest BCUT2D eigenvalue weighted by Gasteiger charge is -2.10. The summed E-state index contributed by atoms with van der Waals surface area (Å²) in [4.78, 5) is 18.1. The Morgan fingerprint density at radius 3 is 2.33 bits per heavy atom. The van der Waals surface area contributed by atoms with E-state index in [2.05, 4.69) is 35.9 Å². The van der Waals surface area contributed by atoms with Crippen LogP contribution in [0, 0.1) is 0 Å². The highest BCUT2D eigenvalue weighted by molar-refractivity contribution is 6.31. The summed E-state index contributed by atoms with van der Waals surface area (Å²) >= 11 is 5.94. The van der Waals surface area contributed by atoms with E-state index in [1.54, 1.807) is 0 Å². The molecule has 2 aromatic rings. The fraction of sp³-hybridized carbons (Fsp3) is 0.286. The first-order chi connectivity index (χ1) is 8.71. The third-order valence-corrected chi connectivity index (χ3v) is 3.32. The highest BCUT2D eigenvalue weighted by Gasteiger charge is 2.14. The number of imidazole rings is 1. The molecule has 3 nitrogen and oxygen atoms in total. The van der Waals surface area contributed by atoms with Crippen molar-refractivity contribution < 1.29 is 4.79 Å². The van der Waals surface area contributed by atoms with Crippen LogP contribution in [0.4, 0.5) is 0 Å². The van der Waals surface area contributed by atoms with Crippen LogP contribution in [-0.4, -0.2) is 16.3 Å². The number of H-pyrrole nitrogens is 1. The SMILES string of the molecule is CCc1cccc(CC)c1-c1nc(C=O)c(Cl)[nH]1. The monoisotopic (exact) mass is 262 g/mol. The van der Waals surface area contributed by atoms with Crippen molar-refractivity contribution in [2.24, 2.45) is 0 Å². The fourth-order valence-electron chi connectivity index (χ4n) is 2.11. The summed E-state index contributed by atoms with van der Waals surface area (Å²) in [6.45, 7) is 4.20. The van der Waals surface area contributed by atoms with Gasteiger partial charge in [0.25, 0.3) is 0 Å². The van der Waals surface area contributed by atoms with Crippen molar-refractivity contribution in [1.82, 2.24) is 9.97 Å². The standard InChI is InChI=1S/C14H15ClN2O/c1-3-9-6-5-7-10(4-2)12(9)14-16-11(8-18)13(15)17-14/h5-8H,3-4H2,1-2H3,(H,16,17). The quantitative estimate of drug-likeness (QED) is 0.855. The van der Waals surface area contributed by atoms with Crippen LogP contribution in [0.25, 0.3) is 11.4 Å². The summed E-state index contributed by atoms with van der Waals surface area (Å²) < 4.78 is 0. The van der Waals surface area contributed by atoms with Gasteiger partial charge in [0.1, 0.15) is 16.7 Å². The molecule has 0 atom stereocenters. The molecular weight excluding hydrogens is 248 g/mol. The lowest BCUT2D eigenvalue weighted by Crippen LogP contribution is -1.95. The molecule has 1 heterocycles. The Labute approximate surface area is 111 Å². The summed E-state index contributed by atoms with van der Waals surface area (Å²) in [5.41, 5.74) is 3.74. The lowest BCUT2D eigenvalue weighted by atomic mass is 9.97. The molecule has 0 saturated carbocycles. The number of hydrogen-bond donors (Lipinski definition) is 1. The number of carbonyl (C=O) groups excluding carboxylic acids is 1. The third-order valence-electron chi connectivity index (χ3n) is 3.03. The molecule has 0 amide bonds. The van der Waals surface area contributed by atoms with E-state index in [0.717, 1.165) is 18.4 Å². The molecule has 18 heavy (non-hydrogen) atoms. The van der Waals surface area contributed by atoms with Crippen molar-refractivity contribution in [2.45, 2.75) is 26.7 Å². The summed E-state index contributed by atoms with van der Waals surface area (Å²) in [5.74, 6) is 0.677. The van der Waals surface area contributed by atoms with Crippen LogP contribution in [0.15, 0.2) is 18.2 Å². The Bertz CT molecular complexity index is 553. The van der Waals surface area contributed by atoms with E-state index in [-0.39, 0.29) is 5.69 Å². The maximum Gasteiger partial charge on any atom is 0.171 e. The van der Waals surface area contributed by atoms with E-state index in [9.17, 15) is 4.79 Å². The maximum absolute atomic E-state index is 10.8. The van der Waals surface area contributed by atoms with E-state index in [4.69, 9.17) is 11.6 Å². The van der Waals surface area contributed by atoms with Crippen molar-refractivity contribution in [3.63, 3.8) is 0 Å². The maximum atomic E-state index is 10.8. The minimum absolute atomic E-state index is 0.264. The molecule has 2 rings (SSSR count). The van der Waals surface area contributed by atoms with Gasteiger partial charge in [-0.25, -0.2) is 4.98 Å². The number of aromatic nitrogens is 2. The number of nitrogens with zero attached hydrogens (tertiary/aromatic N) is 1. The highest BCUT2D eigenvalue weighted by Crippen LogP contribution is 2.28. The van der Waals surface area contributed by atoms with Crippen molar-refractivity contribution in [3.05, 3.63) is 40.2 Å². The van der Waals surface area contributed by atoms with Crippen molar-refractivity contribution in [3.8, 4) is 11.4 Å². The van der Waals surface area contributed by atoms with Crippen molar-refractivity contribution in [1.29, 1.82) is 0 Å². The van der Waals surface area contributed by atoms with Gasteiger partial charge in [0.15, 0.2) is 6.29 Å². The van der Waals surface area contributed by atoms with Crippen LogP contribution in [-0.2, 0) is 12.8 Å². The van der Waals surface area contributed by atoms with E-state index < -0.39 is 0 Å². The van der Waals surface area contributed by atoms with Gasteiger partial charge < -0.3 is 4.98 Å². The Balaban J connectivity index is 2.64. The molecule has 1 N–H and O–H groups in total. The summed E-state index contributed by atoms with van der Waals surface area (Å²) in [6, 6.07) is 6.20. The average molecular weight is 263 g/mol. The van der Waals surface area contributed by atoms with Crippen molar-refractivity contribution in [2.75, 3.05) is 0 Å². The zero-order valence-electron chi connectivity index (χ0n) is 10.5. The number of benzene rings is 1. The average Bonchev–Trinajstić information content (AvgIpc) is 2.78. The molecule has 0 bridgehead atoms. The van der Waals surface area contributed by atoms with Gasteiger partial charge in [0, 0.05) is 5.56 Å². The molecular formula is C14H15ClN2O. The lowest BCUT2D eigenvalue weighted by molar-refractivity contribution is 0.111. The van der Waals surface area contributed by atoms with E-state index >= 15 is 0 Å². The third kappa shape index (κ3) is 2.18. The Hall–Kier alpha value is -1.61. The molecule has 0 saturated heterocycles. The molecule has 0 aliphatic rings. The van der Waals surface area contributed by atoms with Gasteiger partial charge >= 0.3 is 0 Å². The predicted octanol–water partition coefficient (Wildman–Crippen LogP) is 3.67. The minimum Gasteiger partial charge on any atom is -0.328 e. The molecule has 4 heteroatoms. The number of aromatic amines is 1. The Kier molecular flexibility index (Phi) is 3.82. The number of carbonyl (C=O) groups is 1. The van der Waals surface area contributed by atoms with E-state index in [1.165, 1.54) is 11.1 Å². The molecule has 0 fully saturated rings. The number of nitrogens with one attached hydrogen (secondary N) is 1. The van der Waals surface area contributed by atoms with Crippen LogP contribution in [0.1, 0.15) is 35.5 Å². The highest BCUT2D eigenvalue weighted by atomic mass is 35.5. The molecule has 1 aromatic carbocycles. The van der Waals surface area contributed by atoms with Crippen LogP contribution in [0.2, 0.25) is 5.15 Å². The van der Waals surface area contributed by atoms with Gasteiger partial charge in [-0.05, 0) is 24.0 Å². The Morgan fingerprint density at radius 2 is 1.89 bits per heavy atom. The van der Waals surface area contributed by atoms with Gasteiger partial charge in [-0.3, -0.25) is 4.79 Å². The van der Waals surface area contributed by atoms with E-state index in [1.807, 2.05) is 6.07 Å². The normalized spacial score (nSPS) is 10.6. The first-order valence-electron chi connectivity index (χ1n) is 6.03. The van der Waals surface area contributed by atoms with Crippen LogP contribution < -0.4 is 0 Å². The number of rotatable bonds is 4. The molecule has 94 valence electrons. The summed E-state index contributed by atoms with van der Waals surface area (Å²) in [6.07, 6.45) is 2.50. The van der Waals surface area contributed by atoms with E-state index in [0.29, 0.717) is 17.3 Å². The second-order valence-electron chi connectivity index (χ2n) is 4.06. The summed E-state index contributed by atoms with van der Waals surface area (Å²) in [7, 11) is 0. The van der Waals surface area contributed by atoms with Gasteiger partial charge in [-0.15, -0.1) is 0 Å². The van der Waals surface area contributed by atoms with Crippen molar-refractivity contribution >= 4 is 17.9 Å². The van der Waals surface area contributed by atoms with Crippen LogP contribution in [0.5, 0.6) is 0 Å². The first kappa shape index (κ1) is 12.8. The minimum atomic E-state index is 0.264. The van der Waals surface area contributed by atoms with Gasteiger partial charge in [0.05, 0.1) is 0 Å². The molecule has 0 radical (unpaired) electrons. The predicted molar refractivity (Wildman–Crippen MR) is 73.2 cm³/mol. The van der Waals surface area contributed by atoms with Crippen LogP contribution in [0.3, 0.4) is 0 Å². The second-order valence-corrected chi connectivity index (χ2v) is 4.44. The second kappa shape index (κ2) is 5.36. The molecule has 0 spiro atoms. The molecule has 1 aromatic heterocycles. The number of halogens is 1. The first-order valence-corrected chi connectivity index (χ1v) is 6.40. The number of hydrogen-bond acceptors (Lipinski definition) is 2. The van der Waals surface area contributed by atoms with Gasteiger partial charge in [-0.1, -0.05) is 43.6 Å². The largest absolute Gasteiger partial charge is 0.328 e. The Morgan fingerprint density at radius 1 is 1.28 bits per heavy atom. The zero-order chi connectivity index (χ0) is 13.1. The zero-order valence-corrected chi connectivity index (χ0v) is 11.2. The van der Waals surface area contributed by atoms with Crippen LogP contribution >= 0.6 is 11.6 Å². The molecule has 0 aliphatic heterocycles. The number of aryl methyl sites for hydroxylation is 2. The molecule has 0 unspecified atom stereocenters. The summed E-state index contributed by atoms with van der Waals surface area (Å²) in [5, 5.41) is 0.299. The molecule has 0 aliphatic carbocycles. The smallest absolute Gasteiger partial charge is 0.171 e.